The first-order valence-corrected chi connectivity index (χ1v) is 43.8. The van der Waals surface area contributed by atoms with Gasteiger partial charge in [0.2, 0.25) is 0 Å². The molecule has 36 heteroatoms. The minimum Gasteiger partial charge on any atom is -0.387 e. The molecule has 12 heterocycles. The molecule has 18 rings (SSSR count). The number of aliphatic imine (C=N–C) groups is 1. The molecule has 126 heavy (non-hydrogen) atoms. The number of nitrogen functional groups attached to an aromatic ring is 3. The molecule has 3 saturated heterocycles. The highest BCUT2D eigenvalue weighted by Crippen LogP contribution is 2.45. The number of aliphatic hydroxyl groups excluding tert-OH is 6. The van der Waals surface area contributed by atoms with Crippen molar-refractivity contribution < 1.29 is 71.2 Å². The van der Waals surface area contributed by atoms with Gasteiger partial charge in [0, 0.05) is 75.1 Å². The number of hydrogen-bond acceptors (Lipinski definition) is 25. The summed E-state index contributed by atoms with van der Waals surface area (Å²) in [5, 5.41) is 66.0. The van der Waals surface area contributed by atoms with Crippen LogP contribution in [0.3, 0.4) is 0 Å². The molecule has 7 aliphatic rings. The van der Waals surface area contributed by atoms with E-state index in [-0.39, 0.29) is 70.7 Å². The molecule has 6 fully saturated rings. The van der Waals surface area contributed by atoms with Gasteiger partial charge in [0.25, 0.3) is 0 Å². The first-order valence-electron chi connectivity index (χ1n) is 43.8. The maximum Gasteiger partial charge on any atom is 0.401 e. The second kappa shape index (κ2) is 35.5. The van der Waals surface area contributed by atoms with E-state index in [1.165, 1.54) is 72.2 Å². The minimum absolute atomic E-state index is 0.0292. The van der Waals surface area contributed by atoms with Crippen LogP contribution in [0, 0.1) is 17.8 Å². The Bertz CT molecular complexity index is 5440. The molecule has 0 amide bonds. The summed E-state index contributed by atoms with van der Waals surface area (Å²) < 4.78 is 105. The molecule has 3 aliphatic carbocycles. The van der Waals surface area contributed by atoms with E-state index >= 15 is 0 Å². The van der Waals surface area contributed by atoms with Gasteiger partial charge in [-0.3, -0.25) is 24.3 Å². The van der Waals surface area contributed by atoms with E-state index in [1.54, 1.807) is 29.1 Å². The molecule has 12 atom stereocenters. The Balaban J connectivity index is 0.000000139. The molecular formula is C90H117F6N21O9. The Kier molecular flexibility index (Phi) is 25.4. The Morgan fingerprint density at radius 2 is 0.841 bits per heavy atom. The number of halogens is 6. The number of benzene rings is 3. The topological polar surface area (TPSA) is 412 Å². The molecule has 11 aromatic rings. The van der Waals surface area contributed by atoms with Crippen molar-refractivity contribution in [2.24, 2.45) is 22.7 Å². The van der Waals surface area contributed by atoms with Gasteiger partial charge in [-0.25, -0.2) is 44.9 Å². The van der Waals surface area contributed by atoms with E-state index in [2.05, 4.69) is 161 Å². The van der Waals surface area contributed by atoms with Crippen LogP contribution in [0.5, 0.6) is 0 Å². The predicted molar refractivity (Wildman–Crippen MR) is 465 cm³/mol. The lowest BCUT2D eigenvalue weighted by molar-refractivity contribution is -0.164. The highest BCUT2D eigenvalue weighted by molar-refractivity contribution is 5.94. The number of aromatic nitrogens is 14. The van der Waals surface area contributed by atoms with Crippen molar-refractivity contribution in [2.45, 2.75) is 273 Å². The van der Waals surface area contributed by atoms with Gasteiger partial charge in [0.1, 0.15) is 114 Å². The highest BCUT2D eigenvalue weighted by Gasteiger charge is 2.52. The van der Waals surface area contributed by atoms with Crippen LogP contribution >= 0.6 is 0 Å². The predicted octanol–water partition coefficient (Wildman–Crippen LogP) is 11.7. The second-order valence-electron chi connectivity index (χ2n) is 38.7. The van der Waals surface area contributed by atoms with Crippen molar-refractivity contribution in [2.75, 3.05) is 56.5 Å². The lowest BCUT2D eigenvalue weighted by Crippen LogP contribution is -2.52. The van der Waals surface area contributed by atoms with Crippen LogP contribution in [0.1, 0.15) is 186 Å². The summed E-state index contributed by atoms with van der Waals surface area (Å²) in [7, 11) is 0. The molecule has 8 aromatic heterocycles. The number of aryl methyl sites for hydroxylation is 2. The Hall–Kier alpha value is -9.44. The summed E-state index contributed by atoms with van der Waals surface area (Å²) in [6.45, 7) is 20.7. The third-order valence-corrected chi connectivity index (χ3v) is 26.7. The number of rotatable bonds is 24. The van der Waals surface area contributed by atoms with E-state index in [0.717, 1.165) is 90.9 Å². The summed E-state index contributed by atoms with van der Waals surface area (Å²) >= 11 is 0. The number of imidazole rings is 3. The second-order valence-corrected chi connectivity index (χ2v) is 38.7. The number of nitrogens with zero attached hydrogens (tertiary/aromatic N) is 16. The maximum absolute atomic E-state index is 13.6. The monoisotopic (exact) mass is 1750 g/mol. The fourth-order valence-corrected chi connectivity index (χ4v) is 19.1. The summed E-state index contributed by atoms with van der Waals surface area (Å²) in [4.78, 5) is 55.0. The summed E-state index contributed by atoms with van der Waals surface area (Å²) in [5.41, 5.74) is 31.0. The number of ether oxygens (including phenoxy) is 3. The summed E-state index contributed by atoms with van der Waals surface area (Å²) in [5.74, 6) is 3.74. The molecule has 14 N–H and O–H groups in total. The van der Waals surface area contributed by atoms with Crippen molar-refractivity contribution >= 4 is 84.2 Å². The molecule has 678 valence electrons. The molecular weight excluding hydrogens is 1630 g/mol. The normalized spacial score (nSPS) is 27.1. The number of anilines is 3. The standard InChI is InChI=1S/2C30H38F3N7O3.C30H41N7O3/c2*1-29(2,3)17-5-6-20-21(12-17)38-23(37-20)7-4-16-10-18(11-16)39(14-30(31,32)33)13-22-24(41)25(42)28(43-22)40-9-8-19-26(34)35-15-36-27(19)40;1-5-36(14-23-25(38)26(39)29(40-23)37-16-34-24-27(31)32-15-33-28(24)37)21-10-17(11-21)6-9-20-12-18-7-8-19(30(2,3)4)13-22(18)35-20/h2*5-6,8-9,12,15-16,18,22,24-25,28,41-42H,4,7,10-11,13-14H2,1-3H3,(H,37,38)(H2,34,35,36);7-8,13,15-17,21,23,25-26,29,38-39H,5-6,9-12,14H2,1-4H3,(H2,31,32,33)/t2*16?,18?,22-,24-,25-,28-;17?,21?,23-,25-,26-,29-/m111/s1. The highest BCUT2D eigenvalue weighted by atomic mass is 19.4. The van der Waals surface area contributed by atoms with Gasteiger partial charge in [-0.15, -0.1) is 0 Å². The van der Waals surface area contributed by atoms with Crippen LogP contribution in [0.15, 0.2) is 109 Å². The Morgan fingerprint density at radius 3 is 1.27 bits per heavy atom. The summed E-state index contributed by atoms with van der Waals surface area (Å²) in [6.07, 6.45) is -2.20. The number of alkyl halides is 6. The largest absolute Gasteiger partial charge is 0.401 e. The van der Waals surface area contributed by atoms with Gasteiger partial charge in [0.15, 0.2) is 30.1 Å². The smallest absolute Gasteiger partial charge is 0.387 e. The Labute approximate surface area is 725 Å². The minimum atomic E-state index is -4.42. The summed E-state index contributed by atoms with van der Waals surface area (Å²) in [6, 6.07) is 22.4. The molecule has 3 saturated carbocycles. The van der Waals surface area contributed by atoms with E-state index < -0.39 is 99.1 Å². The molecule has 0 bridgehead atoms. The SMILES string of the molecule is CC(C)(C)c1ccc2nc(CCC3CC(N(C[C@H]4O[C@@H](n5ccc6c(N)ncnc65)[C@H](O)[C@@H]4O)CC(F)(F)F)C3)[nH]c2c1.CC(C)(C)c1ccc2nc(CCC3CC(N(C[C@H]4O[C@@H](n5ccc6c(N)ncnc65)[C@H](O)[C@@H]4O)CC(F)(F)F)C3)[nH]c2c1.CCN(C[C@H]1O[C@@H](n2cnc3c(N)ncnc32)[C@H](O)[C@@H]1O)C1CC(CCC2=Nc3cc(C(C)(C)C)ccc3C2)C1. The molecule has 3 aromatic carbocycles. The van der Waals surface area contributed by atoms with E-state index in [0.29, 0.717) is 90.3 Å². The number of likely N-dealkylation sites (N-methyl/N-ethyl adjacent to an activating group) is 1. The van der Waals surface area contributed by atoms with Crippen LogP contribution in [-0.4, -0.2) is 244 Å². The van der Waals surface area contributed by atoms with Gasteiger partial charge in [-0.1, -0.05) is 93.5 Å². The van der Waals surface area contributed by atoms with Crippen LogP contribution in [0.4, 0.5) is 49.5 Å². The van der Waals surface area contributed by atoms with Crippen molar-refractivity contribution in [1.82, 2.24) is 83.2 Å². The quantitative estimate of drug-likeness (QED) is 0.0250. The first kappa shape index (κ1) is 89.9. The van der Waals surface area contributed by atoms with Gasteiger partial charge in [0.05, 0.1) is 57.9 Å². The third-order valence-electron chi connectivity index (χ3n) is 26.7. The number of aromatic amines is 2. The van der Waals surface area contributed by atoms with E-state index in [1.807, 2.05) is 12.1 Å². The number of nitrogens with one attached hydrogen (secondary N) is 2. The molecule has 30 nitrogen and oxygen atoms in total. The fraction of sp³-hybridized carbons (Fsp3) is 0.578. The number of hydrogen-bond donors (Lipinski definition) is 11. The zero-order valence-corrected chi connectivity index (χ0v) is 72.7. The van der Waals surface area contributed by atoms with Crippen molar-refractivity contribution in [3.8, 4) is 0 Å². The van der Waals surface area contributed by atoms with Crippen LogP contribution in [0.2, 0.25) is 0 Å². The van der Waals surface area contributed by atoms with Crippen LogP contribution < -0.4 is 17.2 Å². The lowest BCUT2D eigenvalue weighted by Gasteiger charge is -2.44. The zero-order valence-electron chi connectivity index (χ0n) is 72.7. The van der Waals surface area contributed by atoms with Gasteiger partial charge < -0.3 is 81.2 Å². The molecule has 0 radical (unpaired) electrons. The molecule has 0 spiro atoms. The number of fused-ring (bicyclic) bond motifs is 6. The van der Waals surface area contributed by atoms with Gasteiger partial charge in [-0.2, -0.15) is 26.3 Å². The average molecular weight is 1750 g/mol. The van der Waals surface area contributed by atoms with Crippen molar-refractivity contribution in [3.63, 3.8) is 0 Å². The number of nitrogens with two attached hydrogens (primary N) is 3. The fourth-order valence-electron chi connectivity index (χ4n) is 19.1. The van der Waals surface area contributed by atoms with Gasteiger partial charge >= 0.3 is 12.4 Å². The average Bonchev–Trinajstić information content (AvgIpc) is 1.62. The van der Waals surface area contributed by atoms with Crippen LogP contribution in [0.25, 0.3) is 55.3 Å². The zero-order chi connectivity index (χ0) is 89.5. The molecule has 0 unspecified atom stereocenters. The number of aliphatic hydroxyl groups is 6. The first-order chi connectivity index (χ1) is 59.6. The van der Waals surface area contributed by atoms with E-state index in [9.17, 15) is 57.0 Å². The number of H-pyrrole nitrogens is 2. The van der Waals surface area contributed by atoms with Crippen molar-refractivity contribution in [1.29, 1.82) is 0 Å². The third kappa shape index (κ3) is 19.5. The Morgan fingerprint density at radius 1 is 0.452 bits per heavy atom. The van der Waals surface area contributed by atoms with Crippen molar-refractivity contribution in [3.05, 3.63) is 138 Å². The van der Waals surface area contributed by atoms with Crippen LogP contribution in [-0.2, 0) is 49.7 Å². The lowest BCUT2D eigenvalue weighted by atomic mass is 9.76. The maximum atomic E-state index is 13.6. The van der Waals surface area contributed by atoms with E-state index in [4.69, 9.17) is 46.4 Å². The van der Waals surface area contributed by atoms with Gasteiger partial charge in [-0.05, 0) is 169 Å². The molecule has 4 aliphatic heterocycles.